The van der Waals surface area contributed by atoms with E-state index in [1.54, 1.807) is 0 Å². The summed E-state index contributed by atoms with van der Waals surface area (Å²) in [5.41, 5.74) is 4.01. The van der Waals surface area contributed by atoms with Gasteiger partial charge in [-0.3, -0.25) is 10.1 Å². The summed E-state index contributed by atoms with van der Waals surface area (Å²) in [4.78, 5) is 23.2. The monoisotopic (exact) mass is 327 g/mol. The Morgan fingerprint density at radius 2 is 1.79 bits per heavy atom. The van der Waals surface area contributed by atoms with Crippen molar-refractivity contribution in [1.82, 2.24) is 15.0 Å². The first-order chi connectivity index (χ1) is 11.4. The molecule has 0 fully saturated rings. The van der Waals surface area contributed by atoms with Crippen LogP contribution in [-0.4, -0.2) is 26.9 Å². The van der Waals surface area contributed by atoms with Crippen LogP contribution in [0.3, 0.4) is 0 Å². The fourth-order valence-electron chi connectivity index (χ4n) is 2.70. The van der Waals surface area contributed by atoms with Gasteiger partial charge in [0.25, 0.3) is 0 Å². The zero-order valence-electron chi connectivity index (χ0n) is 14.8. The van der Waals surface area contributed by atoms with Gasteiger partial charge in [0.2, 0.25) is 17.8 Å². The molecule has 1 unspecified atom stereocenters. The molecule has 0 radical (unpaired) electrons. The maximum atomic E-state index is 11.0. The van der Waals surface area contributed by atoms with Crippen LogP contribution in [0, 0.1) is 13.8 Å². The molecule has 2 rings (SSSR count). The second kappa shape index (κ2) is 8.38. The summed E-state index contributed by atoms with van der Waals surface area (Å²) in [6, 6.07) is 6.93. The highest BCUT2D eigenvalue weighted by Gasteiger charge is 2.07. The molecule has 0 aliphatic heterocycles. The van der Waals surface area contributed by atoms with E-state index >= 15 is 0 Å². The third-order valence-corrected chi connectivity index (χ3v) is 3.62. The van der Waals surface area contributed by atoms with Gasteiger partial charge in [-0.15, -0.1) is 0 Å². The Morgan fingerprint density at radius 3 is 2.46 bits per heavy atom. The molecule has 1 aromatic heterocycles. The molecule has 128 valence electrons. The molecule has 0 bridgehead atoms. The lowest BCUT2D eigenvalue weighted by Crippen LogP contribution is -2.18. The van der Waals surface area contributed by atoms with E-state index in [0.717, 1.165) is 19.3 Å². The molecule has 0 aliphatic rings. The van der Waals surface area contributed by atoms with Crippen LogP contribution in [0.2, 0.25) is 0 Å². The Morgan fingerprint density at radius 1 is 1.12 bits per heavy atom. The molecule has 1 aromatic carbocycles. The largest absolute Gasteiger partial charge is 0.352 e. The fourth-order valence-corrected chi connectivity index (χ4v) is 2.70. The van der Waals surface area contributed by atoms with Crippen LogP contribution in [-0.2, 0) is 11.2 Å². The minimum atomic E-state index is -0.200. The van der Waals surface area contributed by atoms with E-state index in [1.165, 1.54) is 29.9 Å². The summed E-state index contributed by atoms with van der Waals surface area (Å²) in [6.07, 6.45) is 4.54. The number of benzene rings is 1. The summed E-state index contributed by atoms with van der Waals surface area (Å²) in [5, 5.41) is 5.80. The Hall–Kier alpha value is -2.50. The second-order valence-corrected chi connectivity index (χ2v) is 6.25. The number of aromatic nitrogens is 3. The molecule has 2 N–H and O–H groups in total. The Balaban J connectivity index is 1.82. The highest BCUT2D eigenvalue weighted by Crippen LogP contribution is 2.13. The standard InChI is InChI=1S/C18H25N5O/c1-12-8-13(2)10-16(9-12)7-5-6-14(3)21-17-19-11-20-18(23-17)22-15(4)24/h8-11,14H,5-7H2,1-4H3,(H2,19,20,21,22,23,24). The number of nitrogens with zero attached hydrogens (tertiary/aromatic N) is 3. The molecule has 1 amide bonds. The SMILES string of the molecule is CC(=O)Nc1ncnc(NC(C)CCCc2cc(C)cc(C)c2)n1. The summed E-state index contributed by atoms with van der Waals surface area (Å²) >= 11 is 0. The van der Waals surface area contributed by atoms with Gasteiger partial charge >= 0.3 is 0 Å². The quantitative estimate of drug-likeness (QED) is 0.816. The first-order valence-corrected chi connectivity index (χ1v) is 8.22. The maximum absolute atomic E-state index is 11.0. The molecule has 0 aliphatic carbocycles. The van der Waals surface area contributed by atoms with Crippen LogP contribution in [0.25, 0.3) is 0 Å². The Labute approximate surface area is 143 Å². The van der Waals surface area contributed by atoms with Crippen molar-refractivity contribution in [2.45, 2.75) is 53.0 Å². The number of hydrogen-bond donors (Lipinski definition) is 2. The first kappa shape index (κ1) is 17.8. The van der Waals surface area contributed by atoms with Gasteiger partial charge in [0.15, 0.2) is 0 Å². The third kappa shape index (κ3) is 5.95. The zero-order valence-corrected chi connectivity index (χ0v) is 14.8. The molecular weight excluding hydrogens is 302 g/mol. The van der Waals surface area contributed by atoms with Crippen molar-refractivity contribution < 1.29 is 4.79 Å². The van der Waals surface area contributed by atoms with Crippen molar-refractivity contribution in [3.63, 3.8) is 0 Å². The van der Waals surface area contributed by atoms with Crippen LogP contribution in [0.15, 0.2) is 24.5 Å². The summed E-state index contributed by atoms with van der Waals surface area (Å²) in [5.74, 6) is 0.545. The number of carbonyl (C=O) groups excluding carboxylic acids is 1. The van der Waals surface area contributed by atoms with Gasteiger partial charge in [-0.05, 0) is 45.6 Å². The molecule has 6 nitrogen and oxygen atoms in total. The third-order valence-electron chi connectivity index (χ3n) is 3.62. The minimum absolute atomic E-state index is 0.200. The number of rotatable bonds is 7. The van der Waals surface area contributed by atoms with Crippen molar-refractivity contribution in [3.05, 3.63) is 41.2 Å². The Bertz CT molecular complexity index is 681. The van der Waals surface area contributed by atoms with Crippen LogP contribution in [0.5, 0.6) is 0 Å². The molecule has 1 heterocycles. The van der Waals surface area contributed by atoms with Crippen molar-refractivity contribution in [1.29, 1.82) is 0 Å². The molecule has 6 heteroatoms. The van der Waals surface area contributed by atoms with E-state index in [0.29, 0.717) is 5.95 Å². The van der Waals surface area contributed by atoms with Crippen molar-refractivity contribution >= 4 is 17.8 Å². The van der Waals surface area contributed by atoms with Gasteiger partial charge in [-0.1, -0.05) is 29.3 Å². The molecule has 1 atom stereocenters. The van der Waals surface area contributed by atoms with Crippen LogP contribution >= 0.6 is 0 Å². The topological polar surface area (TPSA) is 79.8 Å². The lowest BCUT2D eigenvalue weighted by Gasteiger charge is -2.14. The van der Waals surface area contributed by atoms with Crippen molar-refractivity contribution in [2.24, 2.45) is 0 Å². The van der Waals surface area contributed by atoms with Gasteiger partial charge < -0.3 is 5.32 Å². The average Bonchev–Trinajstić information content (AvgIpc) is 2.45. The van der Waals surface area contributed by atoms with Gasteiger partial charge in [0.1, 0.15) is 6.33 Å². The van der Waals surface area contributed by atoms with E-state index in [2.05, 4.69) is 64.6 Å². The number of carbonyl (C=O) groups is 1. The van der Waals surface area contributed by atoms with Gasteiger partial charge in [0, 0.05) is 13.0 Å². The lowest BCUT2D eigenvalue weighted by molar-refractivity contribution is -0.114. The predicted molar refractivity (Wildman–Crippen MR) is 96.1 cm³/mol. The molecule has 24 heavy (non-hydrogen) atoms. The summed E-state index contributed by atoms with van der Waals surface area (Å²) < 4.78 is 0. The second-order valence-electron chi connectivity index (χ2n) is 6.25. The van der Waals surface area contributed by atoms with Gasteiger partial charge in [0.05, 0.1) is 0 Å². The Kier molecular flexibility index (Phi) is 6.23. The average molecular weight is 327 g/mol. The smallest absolute Gasteiger partial charge is 0.234 e. The van der Waals surface area contributed by atoms with Crippen LogP contribution < -0.4 is 10.6 Å². The zero-order chi connectivity index (χ0) is 17.5. The molecule has 0 saturated carbocycles. The number of nitrogens with one attached hydrogen (secondary N) is 2. The van der Waals surface area contributed by atoms with Crippen LogP contribution in [0.1, 0.15) is 43.4 Å². The van der Waals surface area contributed by atoms with E-state index in [-0.39, 0.29) is 17.9 Å². The molecule has 0 saturated heterocycles. The van der Waals surface area contributed by atoms with E-state index < -0.39 is 0 Å². The molecule has 0 spiro atoms. The van der Waals surface area contributed by atoms with Crippen molar-refractivity contribution in [2.75, 3.05) is 10.6 Å². The number of anilines is 2. The predicted octanol–water partition coefficient (Wildman–Crippen LogP) is 3.27. The summed E-state index contributed by atoms with van der Waals surface area (Å²) in [6.45, 7) is 7.79. The highest BCUT2D eigenvalue weighted by molar-refractivity contribution is 5.86. The fraction of sp³-hybridized carbons (Fsp3) is 0.444. The first-order valence-electron chi connectivity index (χ1n) is 8.22. The van der Waals surface area contributed by atoms with E-state index in [4.69, 9.17) is 0 Å². The van der Waals surface area contributed by atoms with Crippen LogP contribution in [0.4, 0.5) is 11.9 Å². The van der Waals surface area contributed by atoms with Gasteiger partial charge in [-0.25, -0.2) is 9.97 Å². The molecule has 2 aromatic rings. The normalized spacial score (nSPS) is 11.8. The van der Waals surface area contributed by atoms with Gasteiger partial charge in [-0.2, -0.15) is 4.98 Å². The minimum Gasteiger partial charge on any atom is -0.352 e. The number of hydrogen-bond acceptors (Lipinski definition) is 5. The van der Waals surface area contributed by atoms with E-state index in [9.17, 15) is 4.79 Å². The number of aryl methyl sites for hydroxylation is 3. The summed E-state index contributed by atoms with van der Waals surface area (Å²) in [7, 11) is 0. The van der Waals surface area contributed by atoms with E-state index in [1.807, 2.05) is 0 Å². The number of amides is 1. The maximum Gasteiger partial charge on any atom is 0.234 e. The lowest BCUT2D eigenvalue weighted by atomic mass is 10.0. The highest BCUT2D eigenvalue weighted by atomic mass is 16.1. The van der Waals surface area contributed by atoms with Crippen molar-refractivity contribution in [3.8, 4) is 0 Å². The molecular formula is C18H25N5O.